The zero-order valence-electron chi connectivity index (χ0n) is 21.8. The number of ether oxygens (including phenoxy) is 1. The summed E-state index contributed by atoms with van der Waals surface area (Å²) in [4.78, 5) is 1.89. The van der Waals surface area contributed by atoms with Gasteiger partial charge in [0.25, 0.3) is 15.6 Å². The van der Waals surface area contributed by atoms with Crippen molar-refractivity contribution in [2.24, 2.45) is 0 Å². The second kappa shape index (κ2) is 12.8. The molecule has 2 aromatic carbocycles. The number of para-hydroxylation sites is 4. The van der Waals surface area contributed by atoms with Crippen molar-refractivity contribution in [3.8, 4) is 5.75 Å². The number of benzene rings is 2. The first kappa shape index (κ1) is 30.4. The van der Waals surface area contributed by atoms with Crippen LogP contribution in [0.5, 0.6) is 5.75 Å². The fourth-order valence-electron chi connectivity index (χ4n) is 4.23. The number of nitrogens with zero attached hydrogens (tertiary/aromatic N) is 2. The largest absolute Gasteiger partial charge is 1.00 e. The number of hydrogen-bond donors (Lipinski definition) is 1. The van der Waals surface area contributed by atoms with Crippen LogP contribution in [0.4, 0.5) is 5.69 Å². The van der Waals surface area contributed by atoms with E-state index >= 15 is 0 Å². The van der Waals surface area contributed by atoms with Crippen molar-refractivity contribution in [3.05, 3.63) is 72.0 Å². The molecule has 0 saturated carbocycles. The molecule has 3 aromatic rings. The second-order valence-corrected chi connectivity index (χ2v) is 12.8. The Morgan fingerprint density at radius 1 is 1.03 bits per heavy atom. The number of rotatable bonds is 11. The van der Waals surface area contributed by atoms with Crippen LogP contribution in [0.2, 0.25) is 0 Å². The minimum atomic E-state index is -4.06. The van der Waals surface area contributed by atoms with Crippen LogP contribution >= 0.6 is 0 Å². The summed E-state index contributed by atoms with van der Waals surface area (Å²) in [6.07, 6.45) is 6.37. The fourth-order valence-corrected chi connectivity index (χ4v) is 5.38. The maximum Gasteiger partial charge on any atom is 1.00 e. The average Bonchev–Trinajstić information content (AvgIpc) is 3.35. The molecule has 1 N–H and O–H groups in total. The molecule has 0 saturated heterocycles. The summed E-state index contributed by atoms with van der Waals surface area (Å²) in [5.74, 6) is 1.54. The van der Waals surface area contributed by atoms with Gasteiger partial charge in [0.15, 0.2) is 12.3 Å². The molecule has 1 aliphatic heterocycles. The molecule has 1 aliphatic rings. The number of oxazole rings is 1. The van der Waals surface area contributed by atoms with Crippen molar-refractivity contribution < 1.29 is 64.7 Å². The molecule has 1 aromatic heterocycles. The van der Waals surface area contributed by atoms with Crippen LogP contribution < -0.4 is 43.8 Å². The van der Waals surface area contributed by atoms with Crippen molar-refractivity contribution in [2.75, 3.05) is 29.2 Å². The summed E-state index contributed by atoms with van der Waals surface area (Å²) in [5, 5.41) is 0. The number of aromatic nitrogens is 1. The van der Waals surface area contributed by atoms with E-state index in [1.54, 1.807) is 0 Å². The molecule has 12 heteroatoms. The Balaban J connectivity index is 0.00000400. The third kappa shape index (κ3) is 7.93. The molecule has 198 valence electrons. The molecule has 0 atom stereocenters. The van der Waals surface area contributed by atoms with E-state index < -0.39 is 20.0 Å². The van der Waals surface area contributed by atoms with Crippen LogP contribution in [0.25, 0.3) is 17.2 Å². The maximum absolute atomic E-state index is 11.7. The molecule has 0 bridgehead atoms. The first-order valence-corrected chi connectivity index (χ1v) is 15.7. The summed E-state index contributed by atoms with van der Waals surface area (Å²) < 4.78 is 69.1. The number of hydrogen-bond acceptors (Lipinski definition) is 7. The van der Waals surface area contributed by atoms with Crippen LogP contribution in [-0.4, -0.2) is 45.7 Å². The molecule has 38 heavy (non-hydrogen) atoms. The smallest absolute Gasteiger partial charge is 0.439 e. The molecule has 0 amide bonds. The van der Waals surface area contributed by atoms with Gasteiger partial charge in [0.1, 0.15) is 9.84 Å². The van der Waals surface area contributed by atoms with E-state index in [2.05, 4.69) is 0 Å². The van der Waals surface area contributed by atoms with E-state index in [4.69, 9.17) is 13.7 Å². The molecule has 4 rings (SSSR count). The zero-order valence-corrected chi connectivity index (χ0v) is 25.5. The zero-order chi connectivity index (χ0) is 26.6. The predicted octanol–water partition coefficient (Wildman–Crippen LogP) is 0.971. The SMILES string of the molecule is CCC(/C=C1\Oc2ccccc2N1CCCS(=O)(=O)O)=C\c1oc2ccccc2[n+]1CCCS(C)(=O)=O.[Na+]. The number of sulfone groups is 1. The van der Waals surface area contributed by atoms with E-state index in [1.807, 2.05) is 77.1 Å². The molecule has 0 radical (unpaired) electrons. The van der Waals surface area contributed by atoms with Gasteiger partial charge in [0.05, 0.1) is 23.3 Å². The Kier molecular flexibility index (Phi) is 10.2. The Bertz CT molecular complexity index is 1560. The maximum atomic E-state index is 11.7. The van der Waals surface area contributed by atoms with Crippen LogP contribution in [-0.2, 0) is 26.5 Å². The number of allylic oxidation sites excluding steroid dienone is 2. The minimum absolute atomic E-state index is 0. The van der Waals surface area contributed by atoms with E-state index in [0.29, 0.717) is 49.0 Å². The minimum Gasteiger partial charge on any atom is -0.439 e. The van der Waals surface area contributed by atoms with Crippen LogP contribution in [0.15, 0.2) is 70.5 Å². The number of aryl methyl sites for hydroxylation is 1. The van der Waals surface area contributed by atoms with Crippen molar-refractivity contribution >= 4 is 42.8 Å². The van der Waals surface area contributed by atoms with E-state index in [-0.39, 0.29) is 47.5 Å². The van der Waals surface area contributed by atoms with Gasteiger partial charge in [-0.2, -0.15) is 13.0 Å². The van der Waals surface area contributed by atoms with E-state index in [9.17, 15) is 16.8 Å². The van der Waals surface area contributed by atoms with Gasteiger partial charge in [-0.05, 0) is 36.6 Å². The van der Waals surface area contributed by atoms with Gasteiger partial charge >= 0.3 is 35.4 Å². The monoisotopic (exact) mass is 570 g/mol. The Morgan fingerprint density at radius 3 is 2.45 bits per heavy atom. The topological polar surface area (TPSA) is 118 Å². The van der Waals surface area contributed by atoms with Crippen molar-refractivity contribution in [1.29, 1.82) is 0 Å². The molecule has 9 nitrogen and oxygen atoms in total. The molecule has 0 spiro atoms. The van der Waals surface area contributed by atoms with Crippen LogP contribution in [0.1, 0.15) is 32.1 Å². The molecule has 0 unspecified atom stereocenters. The first-order chi connectivity index (χ1) is 17.5. The Hall–Kier alpha value is -2.15. The van der Waals surface area contributed by atoms with Gasteiger partial charge in [-0.3, -0.25) is 4.55 Å². The summed E-state index contributed by atoms with van der Waals surface area (Å²) in [6.45, 7) is 2.83. The van der Waals surface area contributed by atoms with Crippen LogP contribution in [0, 0.1) is 0 Å². The van der Waals surface area contributed by atoms with Gasteiger partial charge < -0.3 is 14.1 Å². The molecule has 0 aliphatic carbocycles. The Morgan fingerprint density at radius 2 is 1.74 bits per heavy atom. The van der Waals surface area contributed by atoms with Crippen molar-refractivity contribution in [3.63, 3.8) is 0 Å². The quantitative estimate of drug-likeness (QED) is 0.206. The molecule has 0 fully saturated rings. The van der Waals surface area contributed by atoms with Crippen LogP contribution in [0.3, 0.4) is 0 Å². The summed E-state index contributed by atoms with van der Waals surface area (Å²) in [7, 11) is -7.15. The number of anilines is 1. The van der Waals surface area contributed by atoms with Crippen molar-refractivity contribution in [1.82, 2.24) is 0 Å². The third-order valence-corrected chi connectivity index (χ3v) is 7.81. The van der Waals surface area contributed by atoms with Gasteiger partial charge in [0.2, 0.25) is 11.5 Å². The second-order valence-electron chi connectivity index (χ2n) is 8.96. The standard InChI is InChI=1S/C26H30N2O7S2.Na/c1-3-20(18-25-27(14-8-16-36(2,29)30)21-10-4-6-12-23(21)34-25)19-26-28(15-9-17-37(31,32)33)22-11-5-7-13-24(22)35-26;/h4-7,10-13,18-19H,3,8-9,14-17H2,1-2H3;/q;+1/p+1. The first-order valence-electron chi connectivity index (χ1n) is 12.0. The summed E-state index contributed by atoms with van der Waals surface area (Å²) in [5.41, 5.74) is 3.30. The summed E-state index contributed by atoms with van der Waals surface area (Å²) in [6, 6.07) is 15.1. The van der Waals surface area contributed by atoms with Gasteiger partial charge in [-0.25, -0.2) is 8.42 Å². The molecular formula is C26H31N2NaO7S2+2. The normalized spacial score (nSPS) is 15.0. The Labute approximate surface area is 245 Å². The van der Waals surface area contributed by atoms with Gasteiger partial charge in [-0.15, -0.1) is 0 Å². The van der Waals surface area contributed by atoms with Crippen molar-refractivity contribution in [2.45, 2.75) is 32.7 Å². The number of fused-ring (bicyclic) bond motifs is 2. The predicted molar refractivity (Wildman–Crippen MR) is 143 cm³/mol. The van der Waals surface area contributed by atoms with E-state index in [1.165, 1.54) is 6.26 Å². The summed E-state index contributed by atoms with van der Waals surface area (Å²) >= 11 is 0. The average molecular weight is 571 g/mol. The van der Waals surface area contributed by atoms with Gasteiger partial charge in [-0.1, -0.05) is 31.2 Å². The van der Waals surface area contributed by atoms with Gasteiger partial charge in [0, 0.05) is 31.4 Å². The fraction of sp³-hybridized carbons (Fsp3) is 0.346. The van der Waals surface area contributed by atoms with E-state index in [0.717, 1.165) is 16.8 Å². The third-order valence-electron chi connectivity index (χ3n) is 5.98. The molecular weight excluding hydrogens is 539 g/mol. The molecule has 2 heterocycles.